The van der Waals surface area contributed by atoms with Crippen LogP contribution in [0.4, 0.5) is 0 Å². The third kappa shape index (κ3) is 4.06. The number of H-pyrrole nitrogens is 1. The zero-order valence-electron chi connectivity index (χ0n) is 17.6. The monoisotopic (exact) mass is 414 g/mol. The lowest BCUT2D eigenvalue weighted by atomic mass is 9.86. The van der Waals surface area contributed by atoms with Crippen molar-refractivity contribution < 1.29 is 0 Å². The maximum Gasteiger partial charge on any atom is 0.137 e. The van der Waals surface area contributed by atoms with Gasteiger partial charge in [0.05, 0.1) is 30.1 Å². The molecule has 5 aromatic rings. The predicted molar refractivity (Wildman–Crippen MR) is 121 cm³/mol. The Morgan fingerprint density at radius 1 is 1.13 bits per heavy atom. The van der Waals surface area contributed by atoms with E-state index in [4.69, 9.17) is 5.73 Å². The van der Waals surface area contributed by atoms with Crippen LogP contribution in [0.25, 0.3) is 27.8 Å². The summed E-state index contributed by atoms with van der Waals surface area (Å²) in [4.78, 5) is 4.63. The van der Waals surface area contributed by atoms with Gasteiger partial charge in [-0.3, -0.25) is 5.10 Å². The molecule has 4 heterocycles. The second kappa shape index (κ2) is 8.31. The zero-order chi connectivity index (χ0) is 21.2. The lowest BCUT2D eigenvalue weighted by molar-refractivity contribution is 0.325. The quantitative estimate of drug-likeness (QED) is 0.468. The van der Waals surface area contributed by atoms with Gasteiger partial charge in [-0.05, 0) is 49.9 Å². The molecule has 1 fully saturated rings. The van der Waals surface area contributed by atoms with Crippen LogP contribution >= 0.6 is 0 Å². The van der Waals surface area contributed by atoms with E-state index in [0.29, 0.717) is 6.54 Å². The number of nitrogens with one attached hydrogen (secondary N) is 1. The molecule has 8 heteroatoms. The number of nitrogens with zero attached hydrogens (tertiary/aromatic N) is 6. The highest BCUT2D eigenvalue weighted by Gasteiger charge is 2.14. The van der Waals surface area contributed by atoms with Crippen LogP contribution in [-0.4, -0.2) is 41.1 Å². The van der Waals surface area contributed by atoms with Crippen molar-refractivity contribution in [1.82, 2.24) is 34.6 Å². The molecule has 8 nitrogen and oxygen atoms in total. The van der Waals surface area contributed by atoms with Crippen LogP contribution in [0.15, 0.2) is 55.1 Å². The van der Waals surface area contributed by atoms with Crippen molar-refractivity contribution in [2.24, 2.45) is 11.7 Å². The maximum atomic E-state index is 5.33. The van der Waals surface area contributed by atoms with Gasteiger partial charge in [0.25, 0.3) is 0 Å². The van der Waals surface area contributed by atoms with Crippen molar-refractivity contribution >= 4 is 16.6 Å². The molecule has 0 atom stereocenters. The van der Waals surface area contributed by atoms with Gasteiger partial charge in [-0.25, -0.2) is 9.67 Å². The van der Waals surface area contributed by atoms with E-state index < -0.39 is 0 Å². The number of nitrogens with two attached hydrogens (primary N) is 1. The fourth-order valence-electron chi connectivity index (χ4n) is 3.82. The Morgan fingerprint density at radius 2 is 2.03 bits per heavy atom. The molecule has 0 unspecified atom stereocenters. The Hall–Kier alpha value is -3.52. The second-order valence-electron chi connectivity index (χ2n) is 8.17. The number of imidazole rings is 1. The van der Waals surface area contributed by atoms with E-state index in [-0.39, 0.29) is 0 Å². The minimum absolute atomic E-state index is 0.578. The molecule has 0 radical (unpaired) electrons. The lowest BCUT2D eigenvalue weighted by Gasteiger charge is -2.22. The first-order valence-corrected chi connectivity index (χ1v) is 10.7. The molecule has 0 spiro atoms. The molecule has 0 aliphatic heterocycles. The number of hydrogen-bond acceptors (Lipinski definition) is 5. The standard InChI is InChI=1S/C18H15N7.C5H11N/c1-12-5-6-18-20-13(9-24(18)8-12)10-25-11-17(22-23-25)14-3-2-4-16-15(14)7-19-21-16;6-4-5-2-1-3-5/h2-9,11H,10H2,1H3,(H,19,21);5H,1-4,6H2. The van der Waals surface area contributed by atoms with Gasteiger partial charge >= 0.3 is 0 Å². The summed E-state index contributed by atoms with van der Waals surface area (Å²) in [6.45, 7) is 3.56. The Kier molecular flexibility index (Phi) is 5.21. The zero-order valence-corrected chi connectivity index (χ0v) is 17.6. The summed E-state index contributed by atoms with van der Waals surface area (Å²) < 4.78 is 3.84. The van der Waals surface area contributed by atoms with Gasteiger partial charge in [-0.2, -0.15) is 5.10 Å². The highest BCUT2D eigenvalue weighted by atomic mass is 15.4. The van der Waals surface area contributed by atoms with Gasteiger partial charge in [0.2, 0.25) is 0 Å². The average Bonchev–Trinajstić information content (AvgIpc) is 3.46. The lowest BCUT2D eigenvalue weighted by Crippen LogP contribution is -2.20. The first-order chi connectivity index (χ1) is 15.2. The number of benzene rings is 1. The molecule has 3 N–H and O–H groups in total. The summed E-state index contributed by atoms with van der Waals surface area (Å²) >= 11 is 0. The molecule has 4 aromatic heterocycles. The van der Waals surface area contributed by atoms with Crippen LogP contribution in [0.3, 0.4) is 0 Å². The van der Waals surface area contributed by atoms with Crippen molar-refractivity contribution in [3.8, 4) is 11.3 Å². The van der Waals surface area contributed by atoms with Crippen LogP contribution in [0.1, 0.15) is 30.5 Å². The molecule has 1 aromatic carbocycles. The van der Waals surface area contributed by atoms with Gasteiger partial charge in [-0.15, -0.1) is 5.10 Å². The fourth-order valence-corrected chi connectivity index (χ4v) is 3.82. The van der Waals surface area contributed by atoms with Crippen LogP contribution < -0.4 is 5.73 Å². The third-order valence-electron chi connectivity index (χ3n) is 5.83. The number of pyridine rings is 1. The van der Waals surface area contributed by atoms with Gasteiger partial charge in [0.1, 0.15) is 11.3 Å². The van der Waals surface area contributed by atoms with E-state index in [9.17, 15) is 0 Å². The molecule has 1 saturated carbocycles. The number of aromatic amines is 1. The number of hydrogen-bond donors (Lipinski definition) is 2. The summed E-state index contributed by atoms with van der Waals surface area (Å²) in [6.07, 6.45) is 12.0. The second-order valence-corrected chi connectivity index (χ2v) is 8.17. The van der Waals surface area contributed by atoms with E-state index in [1.807, 2.05) is 51.9 Å². The number of aromatic nitrogens is 7. The molecule has 0 saturated heterocycles. The normalized spacial score (nSPS) is 13.9. The third-order valence-corrected chi connectivity index (χ3v) is 5.83. The first kappa shape index (κ1) is 19.4. The van der Waals surface area contributed by atoms with Gasteiger partial charge in [-0.1, -0.05) is 29.8 Å². The van der Waals surface area contributed by atoms with Crippen LogP contribution in [0, 0.1) is 12.8 Å². The van der Waals surface area contributed by atoms with Gasteiger partial charge in [0.15, 0.2) is 0 Å². The highest BCUT2D eigenvalue weighted by molar-refractivity contribution is 5.92. The molecule has 158 valence electrons. The van der Waals surface area contributed by atoms with E-state index >= 15 is 0 Å². The molecule has 0 bridgehead atoms. The summed E-state index contributed by atoms with van der Waals surface area (Å²) in [6, 6.07) is 10.1. The van der Waals surface area contributed by atoms with Gasteiger partial charge < -0.3 is 10.1 Å². The minimum Gasteiger partial charge on any atom is -0.330 e. The van der Waals surface area contributed by atoms with Crippen molar-refractivity contribution in [2.75, 3.05) is 6.54 Å². The maximum absolute atomic E-state index is 5.33. The molecular formula is C23H26N8. The van der Waals surface area contributed by atoms with Crippen LogP contribution in [0.5, 0.6) is 0 Å². The number of aryl methyl sites for hydroxylation is 1. The summed E-state index contributed by atoms with van der Waals surface area (Å²) in [7, 11) is 0. The molecule has 1 aliphatic rings. The highest BCUT2D eigenvalue weighted by Crippen LogP contribution is 2.25. The van der Waals surface area contributed by atoms with Crippen LogP contribution in [-0.2, 0) is 6.54 Å². The molecule has 6 rings (SSSR count). The minimum atomic E-state index is 0.578. The Morgan fingerprint density at radius 3 is 2.81 bits per heavy atom. The SMILES string of the molecule is Cc1ccc2nc(Cn3cc(-c4cccc5[nH]ncc45)nn3)cn2c1.NCC1CCC1. The molecular weight excluding hydrogens is 388 g/mol. The van der Waals surface area contributed by atoms with Gasteiger partial charge in [0, 0.05) is 23.3 Å². The predicted octanol–water partition coefficient (Wildman–Crippen LogP) is 3.57. The number of fused-ring (bicyclic) bond motifs is 2. The summed E-state index contributed by atoms with van der Waals surface area (Å²) in [5.74, 6) is 0.894. The van der Waals surface area contributed by atoms with Crippen molar-refractivity contribution in [2.45, 2.75) is 32.7 Å². The smallest absolute Gasteiger partial charge is 0.137 e. The largest absolute Gasteiger partial charge is 0.330 e. The number of rotatable bonds is 4. The average molecular weight is 415 g/mol. The van der Waals surface area contributed by atoms with E-state index in [2.05, 4.69) is 44.7 Å². The van der Waals surface area contributed by atoms with Crippen molar-refractivity contribution in [3.05, 3.63) is 66.4 Å². The fraction of sp³-hybridized carbons (Fsp3) is 0.304. The molecule has 1 aliphatic carbocycles. The van der Waals surface area contributed by atoms with Crippen LogP contribution in [0.2, 0.25) is 0 Å². The Bertz CT molecular complexity index is 1300. The van der Waals surface area contributed by atoms with Crippen molar-refractivity contribution in [1.29, 1.82) is 0 Å². The van der Waals surface area contributed by atoms with Crippen molar-refractivity contribution in [3.63, 3.8) is 0 Å². The summed E-state index contributed by atoms with van der Waals surface area (Å²) in [5.41, 5.74) is 11.2. The van der Waals surface area contributed by atoms with E-state index in [0.717, 1.165) is 46.0 Å². The van der Waals surface area contributed by atoms with E-state index in [1.165, 1.54) is 24.8 Å². The molecule has 31 heavy (non-hydrogen) atoms. The Balaban J connectivity index is 0.000000296. The Labute approximate surface area is 180 Å². The first-order valence-electron chi connectivity index (χ1n) is 10.7. The molecule has 0 amide bonds. The summed E-state index contributed by atoms with van der Waals surface area (Å²) in [5, 5.41) is 16.7. The van der Waals surface area contributed by atoms with E-state index in [1.54, 1.807) is 0 Å². The topological polar surface area (TPSA) is 103 Å².